The Morgan fingerprint density at radius 3 is 2.95 bits per heavy atom. The van der Waals surface area contributed by atoms with Crippen LogP contribution in [0.4, 0.5) is 4.39 Å². The highest BCUT2D eigenvalue weighted by Gasteiger charge is 2.18. The Kier molecular flexibility index (Phi) is 4.50. The standard InChI is InChI=1S/C14H20FN3O/c1-18-5-4-10(9-18)7-17-8-12-3-2-11(14(16)19)6-13(12)15/h2-3,6,10,17H,4-5,7-9H2,1H3,(H2,16,19). The fourth-order valence-electron chi connectivity index (χ4n) is 2.45. The predicted octanol–water partition coefficient (Wildman–Crippen LogP) is 0.966. The summed E-state index contributed by atoms with van der Waals surface area (Å²) in [7, 11) is 2.11. The summed E-state index contributed by atoms with van der Waals surface area (Å²) < 4.78 is 13.7. The van der Waals surface area contributed by atoms with Crippen molar-refractivity contribution >= 4 is 5.91 Å². The Bertz CT molecular complexity index is 464. The van der Waals surface area contributed by atoms with Crippen molar-refractivity contribution in [1.82, 2.24) is 10.2 Å². The van der Waals surface area contributed by atoms with Crippen molar-refractivity contribution in [3.8, 4) is 0 Å². The molecule has 19 heavy (non-hydrogen) atoms. The van der Waals surface area contributed by atoms with Crippen LogP contribution in [0.15, 0.2) is 18.2 Å². The highest BCUT2D eigenvalue weighted by atomic mass is 19.1. The third-order valence-corrected chi connectivity index (χ3v) is 3.57. The molecule has 1 unspecified atom stereocenters. The lowest BCUT2D eigenvalue weighted by Gasteiger charge is -2.12. The van der Waals surface area contributed by atoms with E-state index in [1.54, 1.807) is 12.1 Å². The first-order valence-electron chi connectivity index (χ1n) is 6.53. The third kappa shape index (κ3) is 3.75. The number of carbonyl (C=O) groups excluding carboxylic acids is 1. The number of nitrogens with one attached hydrogen (secondary N) is 1. The molecule has 5 heteroatoms. The maximum absolute atomic E-state index is 13.7. The zero-order valence-corrected chi connectivity index (χ0v) is 11.2. The summed E-state index contributed by atoms with van der Waals surface area (Å²) in [5, 5.41) is 3.27. The van der Waals surface area contributed by atoms with Gasteiger partial charge in [-0.05, 0) is 44.6 Å². The van der Waals surface area contributed by atoms with E-state index in [4.69, 9.17) is 5.73 Å². The number of carbonyl (C=O) groups is 1. The van der Waals surface area contributed by atoms with Crippen molar-refractivity contribution in [2.75, 3.05) is 26.7 Å². The molecule has 1 amide bonds. The first-order chi connectivity index (χ1) is 9.06. The number of rotatable bonds is 5. The molecule has 1 aromatic carbocycles. The minimum Gasteiger partial charge on any atom is -0.366 e. The second-order valence-corrected chi connectivity index (χ2v) is 5.22. The SMILES string of the molecule is CN1CCC(CNCc2ccc(C(N)=O)cc2F)C1. The van der Waals surface area contributed by atoms with Gasteiger partial charge in [0.1, 0.15) is 5.82 Å². The van der Waals surface area contributed by atoms with Crippen LogP contribution in [0.2, 0.25) is 0 Å². The molecule has 1 aromatic rings. The Morgan fingerprint density at radius 1 is 1.58 bits per heavy atom. The fourth-order valence-corrected chi connectivity index (χ4v) is 2.45. The van der Waals surface area contributed by atoms with Crippen LogP contribution in [0.3, 0.4) is 0 Å². The van der Waals surface area contributed by atoms with Gasteiger partial charge in [-0.15, -0.1) is 0 Å². The van der Waals surface area contributed by atoms with E-state index < -0.39 is 5.91 Å². The highest BCUT2D eigenvalue weighted by molar-refractivity contribution is 5.92. The van der Waals surface area contributed by atoms with Gasteiger partial charge in [0.2, 0.25) is 5.91 Å². The Hall–Kier alpha value is -1.46. The number of benzene rings is 1. The van der Waals surface area contributed by atoms with Crippen molar-refractivity contribution in [3.63, 3.8) is 0 Å². The van der Waals surface area contributed by atoms with Crippen LogP contribution in [0.25, 0.3) is 0 Å². The molecule has 0 aliphatic carbocycles. The van der Waals surface area contributed by atoms with Crippen LogP contribution in [0.5, 0.6) is 0 Å². The quantitative estimate of drug-likeness (QED) is 0.834. The van der Waals surface area contributed by atoms with Crippen molar-refractivity contribution < 1.29 is 9.18 Å². The Morgan fingerprint density at radius 2 is 2.37 bits per heavy atom. The molecule has 1 saturated heterocycles. The van der Waals surface area contributed by atoms with E-state index in [9.17, 15) is 9.18 Å². The van der Waals surface area contributed by atoms with Gasteiger partial charge in [-0.25, -0.2) is 4.39 Å². The van der Waals surface area contributed by atoms with Gasteiger partial charge < -0.3 is 16.0 Å². The molecule has 1 atom stereocenters. The first-order valence-corrected chi connectivity index (χ1v) is 6.53. The summed E-state index contributed by atoms with van der Waals surface area (Å²) >= 11 is 0. The smallest absolute Gasteiger partial charge is 0.248 e. The van der Waals surface area contributed by atoms with Gasteiger partial charge in [-0.2, -0.15) is 0 Å². The number of likely N-dealkylation sites (tertiary alicyclic amines) is 1. The van der Waals surface area contributed by atoms with Gasteiger partial charge in [-0.3, -0.25) is 4.79 Å². The number of amides is 1. The van der Waals surface area contributed by atoms with E-state index in [2.05, 4.69) is 17.3 Å². The lowest BCUT2D eigenvalue weighted by Crippen LogP contribution is -2.25. The third-order valence-electron chi connectivity index (χ3n) is 3.57. The summed E-state index contributed by atoms with van der Waals surface area (Å²) in [4.78, 5) is 13.2. The molecule has 3 N–H and O–H groups in total. The second kappa shape index (κ2) is 6.12. The van der Waals surface area contributed by atoms with Gasteiger partial charge in [-0.1, -0.05) is 6.07 Å². The number of hydrogen-bond donors (Lipinski definition) is 2. The van der Waals surface area contributed by atoms with Crippen molar-refractivity contribution in [3.05, 3.63) is 35.1 Å². The average molecular weight is 265 g/mol. The van der Waals surface area contributed by atoms with E-state index in [0.29, 0.717) is 18.0 Å². The minimum atomic E-state index is -0.604. The van der Waals surface area contributed by atoms with E-state index in [1.807, 2.05) is 0 Å². The highest BCUT2D eigenvalue weighted by Crippen LogP contribution is 2.14. The maximum Gasteiger partial charge on any atom is 0.248 e. The lowest BCUT2D eigenvalue weighted by molar-refractivity contribution is 0.1000. The van der Waals surface area contributed by atoms with E-state index in [1.165, 1.54) is 12.5 Å². The molecule has 0 spiro atoms. The van der Waals surface area contributed by atoms with E-state index in [0.717, 1.165) is 19.6 Å². The average Bonchev–Trinajstić information content (AvgIpc) is 2.77. The maximum atomic E-state index is 13.7. The minimum absolute atomic E-state index is 0.207. The molecule has 0 bridgehead atoms. The van der Waals surface area contributed by atoms with Crippen LogP contribution in [-0.4, -0.2) is 37.5 Å². The monoisotopic (exact) mass is 265 g/mol. The van der Waals surface area contributed by atoms with Gasteiger partial charge >= 0.3 is 0 Å². The topological polar surface area (TPSA) is 58.4 Å². The molecule has 1 fully saturated rings. The van der Waals surface area contributed by atoms with Crippen LogP contribution in [0.1, 0.15) is 22.3 Å². The summed E-state index contributed by atoms with van der Waals surface area (Å²) in [6.45, 7) is 3.59. The molecule has 4 nitrogen and oxygen atoms in total. The van der Waals surface area contributed by atoms with Crippen molar-refractivity contribution in [2.45, 2.75) is 13.0 Å². The molecule has 0 radical (unpaired) electrons. The molecular formula is C14H20FN3O. The van der Waals surface area contributed by atoms with Crippen LogP contribution in [0, 0.1) is 11.7 Å². The van der Waals surface area contributed by atoms with Crippen molar-refractivity contribution in [2.24, 2.45) is 11.7 Å². The number of nitrogens with zero attached hydrogens (tertiary/aromatic N) is 1. The summed E-state index contributed by atoms with van der Waals surface area (Å²) in [6.07, 6.45) is 1.19. The summed E-state index contributed by atoms with van der Waals surface area (Å²) in [5.74, 6) is -0.349. The molecule has 2 rings (SSSR count). The normalized spacial score (nSPS) is 19.8. The van der Waals surface area contributed by atoms with E-state index >= 15 is 0 Å². The molecule has 0 aromatic heterocycles. The molecule has 1 aliphatic rings. The summed E-state index contributed by atoms with van der Waals surface area (Å²) in [6, 6.07) is 4.37. The van der Waals surface area contributed by atoms with Gasteiger partial charge in [0, 0.05) is 24.2 Å². The summed E-state index contributed by atoms with van der Waals surface area (Å²) in [5.41, 5.74) is 5.88. The number of primary amides is 1. The molecular weight excluding hydrogens is 245 g/mol. The molecule has 1 aliphatic heterocycles. The van der Waals surface area contributed by atoms with E-state index in [-0.39, 0.29) is 11.4 Å². The van der Waals surface area contributed by atoms with Gasteiger partial charge in [0.05, 0.1) is 0 Å². The zero-order chi connectivity index (χ0) is 13.8. The van der Waals surface area contributed by atoms with Crippen LogP contribution >= 0.6 is 0 Å². The predicted molar refractivity (Wildman–Crippen MR) is 72.2 cm³/mol. The largest absolute Gasteiger partial charge is 0.366 e. The fraction of sp³-hybridized carbons (Fsp3) is 0.500. The lowest BCUT2D eigenvalue weighted by atomic mass is 10.1. The van der Waals surface area contributed by atoms with Crippen molar-refractivity contribution in [1.29, 1.82) is 0 Å². The molecule has 1 heterocycles. The Labute approximate surface area is 112 Å². The number of halogens is 1. The molecule has 0 saturated carbocycles. The van der Waals surface area contributed by atoms with Gasteiger partial charge in [0.15, 0.2) is 0 Å². The Balaban J connectivity index is 1.84. The zero-order valence-electron chi connectivity index (χ0n) is 11.2. The number of hydrogen-bond acceptors (Lipinski definition) is 3. The number of nitrogens with two attached hydrogens (primary N) is 1. The molecule has 104 valence electrons. The van der Waals surface area contributed by atoms with Gasteiger partial charge in [0.25, 0.3) is 0 Å². The van der Waals surface area contributed by atoms with Crippen LogP contribution < -0.4 is 11.1 Å². The first kappa shape index (κ1) is 14.0. The second-order valence-electron chi connectivity index (χ2n) is 5.22. The van der Waals surface area contributed by atoms with Crippen LogP contribution in [-0.2, 0) is 6.54 Å².